The summed E-state index contributed by atoms with van der Waals surface area (Å²) in [6, 6.07) is 0. The topological polar surface area (TPSA) is 69.6 Å². The number of β-amino-alcohol motifs (C(OH)–C–C–N with tert-alkyl or cyclic N) is 1. The first kappa shape index (κ1) is 8.01. The number of carboxylic acid groups (broad SMARTS) is 1. The highest BCUT2D eigenvalue weighted by Gasteiger charge is 2.62. The van der Waals surface area contributed by atoms with E-state index in [2.05, 4.69) is 5.32 Å². The van der Waals surface area contributed by atoms with E-state index in [0.717, 1.165) is 13.0 Å². The lowest BCUT2D eigenvalue weighted by Crippen LogP contribution is -2.43. The lowest BCUT2D eigenvalue weighted by molar-refractivity contribution is -0.140. The molecule has 3 N–H and O–H groups in total. The molecule has 1 saturated heterocycles. The van der Waals surface area contributed by atoms with E-state index in [1.807, 2.05) is 0 Å². The van der Waals surface area contributed by atoms with Crippen molar-refractivity contribution in [2.45, 2.75) is 18.9 Å². The molecular formula is C8H13NO3. The monoisotopic (exact) mass is 171 g/mol. The van der Waals surface area contributed by atoms with Crippen LogP contribution in [-0.4, -0.2) is 35.4 Å². The highest BCUT2D eigenvalue weighted by Crippen LogP contribution is 2.58. The van der Waals surface area contributed by atoms with E-state index in [1.165, 1.54) is 0 Å². The van der Waals surface area contributed by atoms with Crippen molar-refractivity contribution in [2.24, 2.45) is 11.3 Å². The summed E-state index contributed by atoms with van der Waals surface area (Å²) in [5, 5.41) is 21.4. The van der Waals surface area contributed by atoms with Gasteiger partial charge in [0.15, 0.2) is 0 Å². The van der Waals surface area contributed by atoms with Crippen LogP contribution in [0.5, 0.6) is 0 Å². The molecule has 68 valence electrons. The Morgan fingerprint density at radius 3 is 2.83 bits per heavy atom. The van der Waals surface area contributed by atoms with Gasteiger partial charge in [0.2, 0.25) is 0 Å². The van der Waals surface area contributed by atoms with Gasteiger partial charge >= 0.3 is 5.97 Å². The fraction of sp³-hybridized carbons (Fsp3) is 0.875. The number of carbonyl (C=O) groups is 1. The molecule has 1 spiro atoms. The SMILES string of the molecule is O=C(O)C1CC12CCNCC2O. The number of hydrogen-bond donors (Lipinski definition) is 3. The van der Waals surface area contributed by atoms with Gasteiger partial charge in [0, 0.05) is 12.0 Å². The van der Waals surface area contributed by atoms with Gasteiger partial charge in [-0.15, -0.1) is 0 Å². The second-order valence-corrected chi connectivity index (χ2v) is 3.80. The number of hydrogen-bond acceptors (Lipinski definition) is 3. The molecule has 0 bridgehead atoms. The summed E-state index contributed by atoms with van der Waals surface area (Å²) in [6.07, 6.45) is 0.989. The number of piperidine rings is 1. The van der Waals surface area contributed by atoms with Gasteiger partial charge in [0.05, 0.1) is 12.0 Å². The zero-order valence-electron chi connectivity index (χ0n) is 6.79. The van der Waals surface area contributed by atoms with Crippen molar-refractivity contribution >= 4 is 5.97 Å². The first-order valence-corrected chi connectivity index (χ1v) is 4.28. The Kier molecular flexibility index (Phi) is 1.63. The molecule has 1 aliphatic heterocycles. The molecule has 1 saturated carbocycles. The van der Waals surface area contributed by atoms with Crippen LogP contribution in [0.1, 0.15) is 12.8 Å². The van der Waals surface area contributed by atoms with Crippen LogP contribution in [0.15, 0.2) is 0 Å². The maximum absolute atomic E-state index is 10.6. The number of nitrogens with one attached hydrogen (secondary N) is 1. The molecule has 0 aromatic rings. The molecule has 12 heavy (non-hydrogen) atoms. The van der Waals surface area contributed by atoms with Crippen molar-refractivity contribution in [3.8, 4) is 0 Å². The van der Waals surface area contributed by atoms with Crippen LogP contribution >= 0.6 is 0 Å². The van der Waals surface area contributed by atoms with Crippen molar-refractivity contribution < 1.29 is 15.0 Å². The van der Waals surface area contributed by atoms with E-state index >= 15 is 0 Å². The number of aliphatic hydroxyl groups excluding tert-OH is 1. The van der Waals surface area contributed by atoms with Crippen LogP contribution in [0.2, 0.25) is 0 Å². The van der Waals surface area contributed by atoms with Crippen LogP contribution in [-0.2, 0) is 4.79 Å². The average molecular weight is 171 g/mol. The highest BCUT2D eigenvalue weighted by molar-refractivity contribution is 5.75. The van der Waals surface area contributed by atoms with Gasteiger partial charge < -0.3 is 15.5 Å². The number of aliphatic carboxylic acids is 1. The van der Waals surface area contributed by atoms with Crippen LogP contribution in [0.4, 0.5) is 0 Å². The summed E-state index contributed by atoms with van der Waals surface area (Å²) in [5.74, 6) is -1.05. The Hall–Kier alpha value is -0.610. The molecule has 3 atom stereocenters. The smallest absolute Gasteiger partial charge is 0.307 e. The number of aliphatic hydroxyl groups is 1. The molecule has 0 amide bonds. The molecule has 4 heteroatoms. The molecule has 2 fully saturated rings. The minimum atomic E-state index is -0.754. The predicted molar refractivity (Wildman–Crippen MR) is 41.7 cm³/mol. The lowest BCUT2D eigenvalue weighted by atomic mass is 9.89. The molecule has 0 aromatic carbocycles. The van der Waals surface area contributed by atoms with E-state index in [4.69, 9.17) is 5.11 Å². The van der Waals surface area contributed by atoms with E-state index in [-0.39, 0.29) is 11.3 Å². The average Bonchev–Trinajstić information content (AvgIpc) is 2.72. The first-order chi connectivity index (χ1) is 5.67. The van der Waals surface area contributed by atoms with Gasteiger partial charge in [-0.2, -0.15) is 0 Å². The number of rotatable bonds is 1. The van der Waals surface area contributed by atoms with E-state index in [1.54, 1.807) is 0 Å². The standard InChI is InChI=1S/C8H13NO3/c10-6-4-9-2-1-8(6)3-5(8)7(11)12/h5-6,9-10H,1-4H2,(H,11,12). The Morgan fingerprint density at radius 2 is 2.33 bits per heavy atom. The Morgan fingerprint density at radius 1 is 1.58 bits per heavy atom. The lowest BCUT2D eigenvalue weighted by Gasteiger charge is -2.28. The summed E-state index contributed by atoms with van der Waals surface area (Å²) in [4.78, 5) is 10.6. The zero-order valence-corrected chi connectivity index (χ0v) is 6.79. The van der Waals surface area contributed by atoms with Gasteiger partial charge in [-0.1, -0.05) is 0 Å². The van der Waals surface area contributed by atoms with Crippen LogP contribution in [0.3, 0.4) is 0 Å². The Balaban J connectivity index is 2.07. The molecule has 1 aliphatic carbocycles. The van der Waals surface area contributed by atoms with Gasteiger partial charge in [0.1, 0.15) is 0 Å². The third kappa shape index (κ3) is 0.949. The summed E-state index contributed by atoms with van der Waals surface area (Å²) >= 11 is 0. The van der Waals surface area contributed by atoms with Gasteiger partial charge in [0.25, 0.3) is 0 Å². The molecule has 0 aromatic heterocycles. The molecule has 4 nitrogen and oxygen atoms in total. The zero-order chi connectivity index (χ0) is 8.77. The quantitative estimate of drug-likeness (QED) is 0.494. The summed E-state index contributed by atoms with van der Waals surface area (Å²) in [5.41, 5.74) is -0.281. The predicted octanol–water partition coefficient (Wildman–Crippen LogP) is -0.569. The maximum atomic E-state index is 10.6. The second kappa shape index (κ2) is 2.44. The third-order valence-corrected chi connectivity index (χ3v) is 3.18. The van der Waals surface area contributed by atoms with E-state index < -0.39 is 12.1 Å². The van der Waals surface area contributed by atoms with Crippen molar-refractivity contribution in [3.63, 3.8) is 0 Å². The van der Waals surface area contributed by atoms with Gasteiger partial charge in [-0.05, 0) is 19.4 Å². The summed E-state index contributed by atoms with van der Waals surface area (Å²) in [7, 11) is 0. The largest absolute Gasteiger partial charge is 0.481 e. The van der Waals surface area contributed by atoms with Gasteiger partial charge in [-0.25, -0.2) is 0 Å². The second-order valence-electron chi connectivity index (χ2n) is 3.80. The highest BCUT2D eigenvalue weighted by atomic mass is 16.4. The van der Waals surface area contributed by atoms with Crippen molar-refractivity contribution in [1.82, 2.24) is 5.32 Å². The molecule has 1 heterocycles. The van der Waals surface area contributed by atoms with E-state index in [0.29, 0.717) is 13.0 Å². The molecule has 3 unspecified atom stereocenters. The summed E-state index contributed by atoms with van der Waals surface area (Å²) < 4.78 is 0. The fourth-order valence-electron chi connectivity index (χ4n) is 2.23. The minimum Gasteiger partial charge on any atom is -0.481 e. The molecular weight excluding hydrogens is 158 g/mol. The minimum absolute atomic E-state index is 0.281. The fourth-order valence-corrected chi connectivity index (χ4v) is 2.23. The maximum Gasteiger partial charge on any atom is 0.307 e. The van der Waals surface area contributed by atoms with Crippen molar-refractivity contribution in [1.29, 1.82) is 0 Å². The van der Waals surface area contributed by atoms with Crippen LogP contribution in [0.25, 0.3) is 0 Å². The van der Waals surface area contributed by atoms with Crippen LogP contribution in [0, 0.1) is 11.3 Å². The first-order valence-electron chi connectivity index (χ1n) is 4.28. The molecule has 0 radical (unpaired) electrons. The third-order valence-electron chi connectivity index (χ3n) is 3.18. The van der Waals surface area contributed by atoms with Crippen LogP contribution < -0.4 is 5.32 Å². The van der Waals surface area contributed by atoms with E-state index in [9.17, 15) is 9.90 Å². The molecule has 2 aliphatic rings. The number of carboxylic acids is 1. The van der Waals surface area contributed by atoms with Crippen molar-refractivity contribution in [3.05, 3.63) is 0 Å². The Bertz CT molecular complexity index is 218. The van der Waals surface area contributed by atoms with Crippen molar-refractivity contribution in [2.75, 3.05) is 13.1 Å². The normalized spacial score (nSPS) is 46.1. The Labute approximate surface area is 70.6 Å². The van der Waals surface area contributed by atoms with Gasteiger partial charge in [-0.3, -0.25) is 4.79 Å². The molecule has 2 rings (SSSR count). The summed E-state index contributed by atoms with van der Waals surface area (Å²) in [6.45, 7) is 1.38.